The highest BCUT2D eigenvalue weighted by Gasteiger charge is 2.60. The molecule has 0 spiro atoms. The van der Waals surface area contributed by atoms with Crippen molar-refractivity contribution < 1.29 is 36.6 Å². The number of carbonyl (C=O) groups excluding carboxylic acids is 1. The minimum absolute atomic E-state index is 0.0597. The molecule has 6 nitrogen and oxygen atoms in total. The van der Waals surface area contributed by atoms with Crippen LogP contribution in [0.25, 0.3) is 27.8 Å². The molecule has 1 N–H and O–H groups in total. The van der Waals surface area contributed by atoms with E-state index in [1.807, 2.05) is 0 Å². The van der Waals surface area contributed by atoms with Gasteiger partial charge in [-0.05, 0) is 55.7 Å². The first-order valence-corrected chi connectivity index (χ1v) is 10.5. The summed E-state index contributed by atoms with van der Waals surface area (Å²) in [4.78, 5) is 19.8. The van der Waals surface area contributed by atoms with Crippen LogP contribution in [0.5, 0.6) is 0 Å². The maximum atomic E-state index is 14.4. The molecule has 0 radical (unpaired) electrons. The van der Waals surface area contributed by atoms with Crippen molar-refractivity contribution in [1.82, 2.24) is 14.4 Å². The molecule has 0 bridgehead atoms. The highest BCUT2D eigenvalue weighted by Crippen LogP contribution is 2.45. The molecule has 1 aromatic carbocycles. The molecule has 3 aromatic heterocycles. The van der Waals surface area contributed by atoms with Gasteiger partial charge in [0.25, 0.3) is 0 Å². The number of imidazole rings is 1. The van der Waals surface area contributed by atoms with E-state index in [1.165, 1.54) is 34.9 Å². The van der Waals surface area contributed by atoms with Gasteiger partial charge in [0.1, 0.15) is 17.0 Å². The van der Waals surface area contributed by atoms with Crippen molar-refractivity contribution in [1.29, 1.82) is 0 Å². The van der Waals surface area contributed by atoms with Crippen molar-refractivity contribution in [3.8, 4) is 11.1 Å². The Morgan fingerprint density at radius 1 is 1.03 bits per heavy atom. The Morgan fingerprint density at radius 3 is 2.26 bits per heavy atom. The van der Waals surface area contributed by atoms with Crippen LogP contribution in [0.15, 0.2) is 48.7 Å². The molecule has 11 heteroatoms. The molecule has 0 aliphatic carbocycles. The van der Waals surface area contributed by atoms with Gasteiger partial charge >= 0.3 is 18.1 Å². The number of rotatable bonds is 5. The van der Waals surface area contributed by atoms with E-state index in [-0.39, 0.29) is 34.5 Å². The Labute approximate surface area is 196 Å². The third kappa shape index (κ3) is 4.31. The predicted molar refractivity (Wildman–Crippen MR) is 117 cm³/mol. The van der Waals surface area contributed by atoms with Crippen LogP contribution < -0.4 is 0 Å². The van der Waals surface area contributed by atoms with Crippen LogP contribution in [0.4, 0.5) is 22.0 Å². The number of esters is 1. The Balaban J connectivity index is 2.02. The molecule has 3 heterocycles. The number of aliphatic hydroxyl groups is 1. The van der Waals surface area contributed by atoms with Gasteiger partial charge in [0, 0.05) is 11.6 Å². The van der Waals surface area contributed by atoms with Gasteiger partial charge in [0.15, 0.2) is 5.69 Å². The lowest BCUT2D eigenvalue weighted by molar-refractivity contribution is -0.290. The molecule has 0 atom stereocenters. The molecule has 0 fully saturated rings. The monoisotopic (exact) mass is 493 g/mol. The van der Waals surface area contributed by atoms with Gasteiger partial charge in [-0.15, -0.1) is 0 Å². The maximum Gasteiger partial charge on any atom is 0.459 e. The van der Waals surface area contributed by atoms with Gasteiger partial charge in [-0.1, -0.05) is 24.3 Å². The van der Waals surface area contributed by atoms with Crippen LogP contribution in [0.1, 0.15) is 42.5 Å². The van der Waals surface area contributed by atoms with Crippen molar-refractivity contribution in [3.63, 3.8) is 0 Å². The fourth-order valence-corrected chi connectivity index (χ4v) is 3.64. The summed E-state index contributed by atoms with van der Waals surface area (Å²) in [6, 6.07) is 9.80. The number of carbonyl (C=O) groups is 1. The molecule has 0 unspecified atom stereocenters. The van der Waals surface area contributed by atoms with Crippen LogP contribution in [0, 0.1) is 0 Å². The molecule has 4 aromatic rings. The van der Waals surface area contributed by atoms with E-state index in [0.717, 1.165) is 0 Å². The van der Waals surface area contributed by atoms with Crippen LogP contribution >= 0.6 is 0 Å². The molecule has 35 heavy (non-hydrogen) atoms. The summed E-state index contributed by atoms with van der Waals surface area (Å²) in [5, 5.41) is 10.4. The van der Waals surface area contributed by atoms with Gasteiger partial charge in [-0.25, -0.2) is 14.8 Å². The van der Waals surface area contributed by atoms with Gasteiger partial charge in [-0.3, -0.25) is 4.40 Å². The second-order valence-corrected chi connectivity index (χ2v) is 8.41. The van der Waals surface area contributed by atoms with E-state index in [1.54, 1.807) is 32.9 Å². The van der Waals surface area contributed by atoms with Crippen molar-refractivity contribution in [2.45, 2.75) is 38.5 Å². The minimum atomic E-state index is -5.88. The van der Waals surface area contributed by atoms with Crippen molar-refractivity contribution in [3.05, 3.63) is 65.6 Å². The van der Waals surface area contributed by atoms with Crippen LogP contribution in [-0.2, 0) is 16.3 Å². The number of hydrogen-bond donors (Lipinski definition) is 1. The average molecular weight is 493 g/mol. The normalized spacial score (nSPS) is 12.9. The second-order valence-electron chi connectivity index (χ2n) is 8.41. The number of ether oxygens (including phenoxy) is 1. The zero-order chi connectivity index (χ0) is 25.8. The number of aromatic nitrogens is 3. The average Bonchev–Trinajstić information content (AvgIpc) is 3.22. The highest BCUT2D eigenvalue weighted by molar-refractivity contribution is 5.95. The lowest BCUT2D eigenvalue weighted by atomic mass is 9.94. The fraction of sp³-hybridized carbons (Fsp3) is 0.292. The predicted octanol–water partition coefficient (Wildman–Crippen LogP) is 5.61. The second kappa shape index (κ2) is 8.26. The van der Waals surface area contributed by atoms with Crippen molar-refractivity contribution >= 4 is 22.6 Å². The number of halogens is 5. The van der Waals surface area contributed by atoms with Crippen LogP contribution in [-0.4, -0.2) is 38.2 Å². The highest BCUT2D eigenvalue weighted by atomic mass is 19.4. The zero-order valence-corrected chi connectivity index (χ0v) is 18.8. The van der Waals surface area contributed by atoms with E-state index < -0.39 is 29.4 Å². The van der Waals surface area contributed by atoms with Gasteiger partial charge in [-0.2, -0.15) is 22.0 Å². The number of nitrogens with zero attached hydrogens (tertiary/aromatic N) is 3. The summed E-state index contributed by atoms with van der Waals surface area (Å²) >= 11 is 0. The largest absolute Gasteiger partial charge is 0.461 e. The first kappa shape index (κ1) is 24.5. The molecule has 0 saturated heterocycles. The van der Waals surface area contributed by atoms with Crippen molar-refractivity contribution in [2.75, 3.05) is 6.61 Å². The number of benzene rings is 1. The standard InChI is InChI=1S/C24H20F5N3O3/c1-4-35-21(33)17-12-32-19(30-17)10-9-15-16(13-5-7-14(8-6-13)22(2,3)34)11-18(31-20(15)32)23(25,26)24(27,28)29/h5-12,34H,4H2,1-3H3. The van der Waals surface area contributed by atoms with Gasteiger partial charge < -0.3 is 9.84 Å². The van der Waals surface area contributed by atoms with Gasteiger partial charge in [0.2, 0.25) is 0 Å². The summed E-state index contributed by atoms with van der Waals surface area (Å²) < 4.78 is 74.7. The Hall–Kier alpha value is -3.60. The Kier molecular flexibility index (Phi) is 5.79. The van der Waals surface area contributed by atoms with E-state index in [2.05, 4.69) is 9.97 Å². The van der Waals surface area contributed by atoms with E-state index in [9.17, 15) is 31.9 Å². The van der Waals surface area contributed by atoms with Crippen LogP contribution in [0.2, 0.25) is 0 Å². The lowest BCUT2D eigenvalue weighted by Gasteiger charge is -2.21. The fourth-order valence-electron chi connectivity index (χ4n) is 3.64. The number of hydrogen-bond acceptors (Lipinski definition) is 5. The summed E-state index contributed by atoms with van der Waals surface area (Å²) in [6.07, 6.45) is -4.70. The number of fused-ring (bicyclic) bond motifs is 3. The number of alkyl halides is 5. The smallest absolute Gasteiger partial charge is 0.459 e. The molecule has 0 aliphatic heterocycles. The third-order valence-corrected chi connectivity index (χ3v) is 5.46. The Bertz CT molecular complexity index is 1420. The molecule has 0 amide bonds. The van der Waals surface area contributed by atoms with E-state index >= 15 is 0 Å². The first-order chi connectivity index (χ1) is 16.2. The molecule has 4 rings (SSSR count). The van der Waals surface area contributed by atoms with E-state index in [0.29, 0.717) is 17.2 Å². The topological polar surface area (TPSA) is 76.7 Å². The van der Waals surface area contributed by atoms with E-state index in [4.69, 9.17) is 4.74 Å². The Morgan fingerprint density at radius 2 is 1.69 bits per heavy atom. The SMILES string of the molecule is CCOC(=O)c1cn2c(ccc3c(-c4ccc(C(C)(C)O)cc4)cc(C(F)(F)C(F)(F)F)nc32)n1. The van der Waals surface area contributed by atoms with Crippen molar-refractivity contribution in [2.24, 2.45) is 0 Å². The molecular formula is C24H20F5N3O3. The summed E-state index contributed by atoms with van der Waals surface area (Å²) in [5.41, 5.74) is -2.05. The quantitative estimate of drug-likeness (QED) is 0.289. The summed E-state index contributed by atoms with van der Waals surface area (Å²) in [6.45, 7) is 4.77. The van der Waals surface area contributed by atoms with Crippen LogP contribution in [0.3, 0.4) is 0 Å². The lowest BCUT2D eigenvalue weighted by Crippen LogP contribution is -2.34. The molecule has 0 saturated carbocycles. The van der Waals surface area contributed by atoms with Gasteiger partial charge in [0.05, 0.1) is 12.2 Å². The zero-order valence-electron chi connectivity index (χ0n) is 18.8. The first-order valence-electron chi connectivity index (χ1n) is 10.5. The minimum Gasteiger partial charge on any atom is -0.461 e. The molecule has 184 valence electrons. The molecular weight excluding hydrogens is 473 g/mol. The number of pyridine rings is 2. The summed E-state index contributed by atoms with van der Waals surface area (Å²) in [7, 11) is 0. The summed E-state index contributed by atoms with van der Waals surface area (Å²) in [5.74, 6) is -6.01. The molecule has 0 aliphatic rings. The maximum absolute atomic E-state index is 14.4. The third-order valence-electron chi connectivity index (χ3n) is 5.46.